The van der Waals surface area contributed by atoms with Crippen LogP contribution in [0.25, 0.3) is 11.2 Å². The molecule has 6 nitrogen and oxygen atoms in total. The lowest BCUT2D eigenvalue weighted by molar-refractivity contribution is 0.159. The third kappa shape index (κ3) is 3.56. The van der Waals surface area contributed by atoms with E-state index in [0.29, 0.717) is 5.88 Å². The standard InChI is InChI=1S/C14H24ClN5O/c1-11-13-14(19(3)17-11)20(12(16-13)5-6-15)8-7-18(2)9-10-21-4/h5-10H2,1-4H3. The van der Waals surface area contributed by atoms with E-state index in [2.05, 4.69) is 21.6 Å². The predicted molar refractivity (Wildman–Crippen MR) is 85.0 cm³/mol. The first kappa shape index (κ1) is 16.3. The van der Waals surface area contributed by atoms with Gasteiger partial charge in [0.1, 0.15) is 11.3 Å². The van der Waals surface area contributed by atoms with Gasteiger partial charge in [0.05, 0.1) is 12.3 Å². The van der Waals surface area contributed by atoms with Crippen LogP contribution < -0.4 is 0 Å². The molecule has 0 aromatic carbocycles. The molecule has 2 heterocycles. The largest absolute Gasteiger partial charge is 0.383 e. The summed E-state index contributed by atoms with van der Waals surface area (Å²) in [5, 5.41) is 4.46. The quantitative estimate of drug-likeness (QED) is 0.692. The van der Waals surface area contributed by atoms with Crippen LogP contribution in [0.5, 0.6) is 0 Å². The Bertz CT molecular complexity index is 592. The molecule has 0 bridgehead atoms. The fourth-order valence-corrected chi connectivity index (χ4v) is 2.69. The second-order valence-electron chi connectivity index (χ2n) is 5.30. The number of fused-ring (bicyclic) bond motifs is 1. The minimum Gasteiger partial charge on any atom is -0.383 e. The molecule has 0 aliphatic carbocycles. The van der Waals surface area contributed by atoms with Crippen LogP contribution in [-0.2, 0) is 24.8 Å². The van der Waals surface area contributed by atoms with E-state index in [-0.39, 0.29) is 0 Å². The molecule has 2 aromatic rings. The van der Waals surface area contributed by atoms with Gasteiger partial charge in [0, 0.05) is 46.1 Å². The summed E-state index contributed by atoms with van der Waals surface area (Å²) in [5.41, 5.74) is 3.03. The number of ether oxygens (including phenoxy) is 1. The molecular weight excluding hydrogens is 290 g/mol. The van der Waals surface area contributed by atoms with Gasteiger partial charge in [0.15, 0.2) is 5.65 Å². The molecule has 0 atom stereocenters. The topological polar surface area (TPSA) is 48.1 Å². The maximum atomic E-state index is 5.91. The first-order valence-corrected chi connectivity index (χ1v) is 7.74. The molecule has 2 rings (SSSR count). The van der Waals surface area contributed by atoms with Crippen molar-refractivity contribution in [3.63, 3.8) is 0 Å². The van der Waals surface area contributed by atoms with Gasteiger partial charge in [-0.15, -0.1) is 11.6 Å². The maximum Gasteiger partial charge on any atom is 0.158 e. The first-order valence-electron chi connectivity index (χ1n) is 7.20. The van der Waals surface area contributed by atoms with Crippen molar-refractivity contribution in [3.05, 3.63) is 11.5 Å². The Kier molecular flexibility index (Phi) is 5.61. The van der Waals surface area contributed by atoms with Crippen molar-refractivity contribution < 1.29 is 4.74 Å². The van der Waals surface area contributed by atoms with Gasteiger partial charge in [-0.2, -0.15) is 5.10 Å². The summed E-state index contributed by atoms with van der Waals surface area (Å²) < 4.78 is 9.26. The highest BCUT2D eigenvalue weighted by atomic mass is 35.5. The number of likely N-dealkylation sites (N-methyl/N-ethyl adjacent to an activating group) is 1. The highest BCUT2D eigenvalue weighted by Gasteiger charge is 2.17. The normalized spacial score (nSPS) is 11.9. The molecule has 118 valence electrons. The van der Waals surface area contributed by atoms with Crippen molar-refractivity contribution in [2.75, 3.05) is 39.7 Å². The third-order valence-electron chi connectivity index (χ3n) is 3.67. The van der Waals surface area contributed by atoms with Gasteiger partial charge >= 0.3 is 0 Å². The summed E-state index contributed by atoms with van der Waals surface area (Å²) in [4.78, 5) is 6.97. The minimum absolute atomic E-state index is 0.579. The predicted octanol–water partition coefficient (Wildman–Crippen LogP) is 1.44. The van der Waals surface area contributed by atoms with E-state index >= 15 is 0 Å². The van der Waals surface area contributed by atoms with Gasteiger partial charge in [0.2, 0.25) is 0 Å². The lowest BCUT2D eigenvalue weighted by atomic mass is 10.4. The van der Waals surface area contributed by atoms with Crippen LogP contribution in [0.3, 0.4) is 0 Å². The molecule has 0 unspecified atom stereocenters. The van der Waals surface area contributed by atoms with Crippen LogP contribution in [-0.4, -0.2) is 64.0 Å². The van der Waals surface area contributed by atoms with Crippen molar-refractivity contribution in [3.8, 4) is 0 Å². The van der Waals surface area contributed by atoms with E-state index in [1.165, 1.54) is 0 Å². The summed E-state index contributed by atoms with van der Waals surface area (Å²) in [5.74, 6) is 1.62. The van der Waals surface area contributed by atoms with Gasteiger partial charge in [0.25, 0.3) is 0 Å². The number of hydrogen-bond donors (Lipinski definition) is 0. The third-order valence-corrected chi connectivity index (χ3v) is 3.86. The van der Waals surface area contributed by atoms with E-state index in [1.54, 1.807) is 7.11 Å². The molecule has 0 radical (unpaired) electrons. The number of aromatic nitrogens is 4. The average Bonchev–Trinajstić information content (AvgIpc) is 2.94. The zero-order valence-corrected chi connectivity index (χ0v) is 14.0. The van der Waals surface area contributed by atoms with Crippen molar-refractivity contribution in [2.24, 2.45) is 7.05 Å². The van der Waals surface area contributed by atoms with Crippen LogP contribution in [0.1, 0.15) is 11.5 Å². The number of imidazole rings is 1. The zero-order chi connectivity index (χ0) is 15.4. The summed E-state index contributed by atoms with van der Waals surface area (Å²) in [7, 11) is 5.79. The van der Waals surface area contributed by atoms with Gasteiger partial charge < -0.3 is 14.2 Å². The van der Waals surface area contributed by atoms with E-state index in [0.717, 1.165) is 55.3 Å². The number of aryl methyl sites for hydroxylation is 3. The molecule has 0 spiro atoms. The molecule has 0 amide bonds. The second kappa shape index (κ2) is 7.24. The smallest absolute Gasteiger partial charge is 0.158 e. The fourth-order valence-electron chi connectivity index (χ4n) is 2.52. The number of halogens is 1. The van der Waals surface area contributed by atoms with Crippen molar-refractivity contribution in [1.29, 1.82) is 0 Å². The monoisotopic (exact) mass is 313 g/mol. The lowest BCUT2D eigenvalue weighted by Crippen LogP contribution is -2.27. The van der Waals surface area contributed by atoms with Crippen molar-refractivity contribution in [1.82, 2.24) is 24.2 Å². The molecule has 0 N–H and O–H groups in total. The molecule has 2 aromatic heterocycles. The summed E-state index contributed by atoms with van der Waals surface area (Å²) in [6, 6.07) is 0. The van der Waals surface area contributed by atoms with E-state index in [9.17, 15) is 0 Å². The van der Waals surface area contributed by atoms with E-state index < -0.39 is 0 Å². The fraction of sp³-hybridized carbons (Fsp3) is 0.714. The van der Waals surface area contributed by atoms with Gasteiger partial charge in [-0.3, -0.25) is 4.68 Å². The number of nitrogens with zero attached hydrogens (tertiary/aromatic N) is 5. The molecule has 0 saturated heterocycles. The number of alkyl halides is 1. The Morgan fingerprint density at radius 1 is 1.33 bits per heavy atom. The average molecular weight is 314 g/mol. The van der Waals surface area contributed by atoms with Crippen LogP contribution in [0.15, 0.2) is 0 Å². The second-order valence-corrected chi connectivity index (χ2v) is 5.67. The van der Waals surface area contributed by atoms with Crippen LogP contribution >= 0.6 is 11.6 Å². The van der Waals surface area contributed by atoms with Crippen LogP contribution in [0.2, 0.25) is 0 Å². The molecule has 0 fully saturated rings. The highest BCUT2D eigenvalue weighted by molar-refractivity contribution is 6.17. The molecule has 7 heteroatoms. The Morgan fingerprint density at radius 2 is 2.10 bits per heavy atom. The minimum atomic E-state index is 0.579. The molecule has 21 heavy (non-hydrogen) atoms. The molecule has 0 aliphatic heterocycles. The van der Waals surface area contributed by atoms with Gasteiger partial charge in [-0.25, -0.2) is 4.98 Å². The summed E-state index contributed by atoms with van der Waals surface area (Å²) in [6.45, 7) is 5.48. The van der Waals surface area contributed by atoms with Crippen LogP contribution in [0, 0.1) is 6.92 Å². The molecule has 0 aliphatic rings. The van der Waals surface area contributed by atoms with Gasteiger partial charge in [-0.05, 0) is 14.0 Å². The van der Waals surface area contributed by atoms with Crippen LogP contribution in [0.4, 0.5) is 0 Å². The van der Waals surface area contributed by atoms with E-state index in [4.69, 9.17) is 21.3 Å². The Morgan fingerprint density at radius 3 is 2.76 bits per heavy atom. The SMILES string of the molecule is COCCN(C)CCn1c(CCCl)nc2c(C)nn(C)c21. The first-order chi connectivity index (χ1) is 10.1. The molecular formula is C14H24ClN5O. The van der Waals surface area contributed by atoms with Crippen molar-refractivity contribution >= 4 is 22.8 Å². The number of rotatable bonds is 8. The van der Waals surface area contributed by atoms with E-state index in [1.807, 2.05) is 18.7 Å². The molecule has 0 saturated carbocycles. The maximum absolute atomic E-state index is 5.91. The van der Waals surface area contributed by atoms with Gasteiger partial charge in [-0.1, -0.05) is 0 Å². The zero-order valence-electron chi connectivity index (χ0n) is 13.3. The Labute approximate surface area is 130 Å². The lowest BCUT2D eigenvalue weighted by Gasteiger charge is -2.17. The Balaban J connectivity index is 2.21. The summed E-state index contributed by atoms with van der Waals surface area (Å²) >= 11 is 5.91. The van der Waals surface area contributed by atoms with Crippen molar-refractivity contribution in [2.45, 2.75) is 19.9 Å². The number of methoxy groups -OCH3 is 1. The summed E-state index contributed by atoms with van der Waals surface area (Å²) in [6.07, 6.45) is 0.775. The number of hydrogen-bond acceptors (Lipinski definition) is 4. The highest BCUT2D eigenvalue weighted by Crippen LogP contribution is 2.19. The Hall–Kier alpha value is -1.11.